The van der Waals surface area contributed by atoms with E-state index in [-0.39, 0.29) is 0 Å². The largest absolute Gasteiger partial charge is 0.497 e. The number of fused-ring (bicyclic) bond motifs is 1. The van der Waals surface area contributed by atoms with Crippen molar-refractivity contribution in [3.63, 3.8) is 0 Å². The highest BCUT2D eigenvalue weighted by molar-refractivity contribution is 5.71. The van der Waals surface area contributed by atoms with Gasteiger partial charge in [0.2, 0.25) is 5.88 Å². The predicted molar refractivity (Wildman–Crippen MR) is 135 cm³/mol. The Balaban J connectivity index is 1.68. The van der Waals surface area contributed by atoms with Gasteiger partial charge in [0.25, 0.3) is 0 Å². The molecule has 0 aliphatic carbocycles. The molecular formula is C29H25N3O3. The van der Waals surface area contributed by atoms with E-state index in [9.17, 15) is 4.79 Å². The molecular weight excluding hydrogens is 438 g/mol. The summed E-state index contributed by atoms with van der Waals surface area (Å²) < 4.78 is 12.8. The molecule has 5 aromatic rings. The van der Waals surface area contributed by atoms with Crippen LogP contribution in [0.1, 0.15) is 29.4 Å². The maximum Gasteiger partial charge on any atom is 0.309 e. The zero-order valence-corrected chi connectivity index (χ0v) is 19.6. The van der Waals surface area contributed by atoms with E-state index in [0.29, 0.717) is 30.1 Å². The average Bonchev–Trinajstić information content (AvgIpc) is 3.22. The topological polar surface area (TPSA) is 65.7 Å². The van der Waals surface area contributed by atoms with Crippen LogP contribution in [0.15, 0.2) is 91.1 Å². The van der Waals surface area contributed by atoms with Gasteiger partial charge in [0.1, 0.15) is 11.4 Å². The molecule has 0 unspecified atom stereocenters. The van der Waals surface area contributed by atoms with Crippen LogP contribution in [0.2, 0.25) is 0 Å². The van der Waals surface area contributed by atoms with Crippen LogP contribution in [-0.2, 0) is 17.6 Å². The molecule has 0 bridgehead atoms. The summed E-state index contributed by atoms with van der Waals surface area (Å²) in [5, 5.41) is 0. The Morgan fingerprint density at radius 1 is 0.800 bits per heavy atom. The van der Waals surface area contributed by atoms with Crippen molar-refractivity contribution in [1.29, 1.82) is 0 Å². The van der Waals surface area contributed by atoms with E-state index in [1.54, 1.807) is 7.11 Å². The third-order valence-electron chi connectivity index (χ3n) is 5.75. The quantitative estimate of drug-likeness (QED) is 0.298. The van der Waals surface area contributed by atoms with Gasteiger partial charge >= 0.3 is 5.97 Å². The monoisotopic (exact) mass is 463 g/mol. The number of methoxy groups -OCH3 is 1. The third kappa shape index (κ3) is 4.92. The van der Waals surface area contributed by atoms with Crippen LogP contribution in [0.25, 0.3) is 16.9 Å². The molecule has 0 N–H and O–H groups in total. The number of carbonyl (C=O) groups is 1. The molecule has 6 heteroatoms. The number of rotatable bonds is 7. The Labute approximate surface area is 203 Å². The molecule has 0 aliphatic rings. The van der Waals surface area contributed by atoms with Crippen molar-refractivity contribution in [3.8, 4) is 22.9 Å². The summed E-state index contributed by atoms with van der Waals surface area (Å²) in [6.07, 6.45) is 2.99. The number of imidazole rings is 1. The molecule has 0 aliphatic heterocycles. The fourth-order valence-corrected chi connectivity index (χ4v) is 4.09. The van der Waals surface area contributed by atoms with Crippen molar-refractivity contribution < 1.29 is 14.3 Å². The lowest BCUT2D eigenvalue weighted by molar-refractivity contribution is -0.132. The van der Waals surface area contributed by atoms with Crippen LogP contribution < -0.4 is 9.47 Å². The Bertz CT molecular complexity index is 1460. The highest BCUT2D eigenvalue weighted by atomic mass is 16.5. The lowest BCUT2D eigenvalue weighted by Gasteiger charge is -2.10. The number of hydrogen-bond acceptors (Lipinski definition) is 5. The molecule has 2 heterocycles. The summed E-state index contributed by atoms with van der Waals surface area (Å²) in [6.45, 7) is 1.40. The van der Waals surface area contributed by atoms with Crippen LogP contribution in [0.5, 0.6) is 11.6 Å². The maximum atomic E-state index is 12.1. The van der Waals surface area contributed by atoms with E-state index in [0.717, 1.165) is 33.8 Å². The number of benzene rings is 3. The van der Waals surface area contributed by atoms with Gasteiger partial charge in [-0.3, -0.25) is 9.20 Å². The first kappa shape index (κ1) is 22.3. The van der Waals surface area contributed by atoms with Gasteiger partial charge in [-0.05, 0) is 23.3 Å². The summed E-state index contributed by atoms with van der Waals surface area (Å²) in [6, 6.07) is 27.9. The minimum Gasteiger partial charge on any atom is -0.497 e. The standard InChI is InChI=1S/C29H25N3O3/c1-20(33)35-29-26(18-22-13-15-24(34-2)16-14-22)31-28-25(17-21-9-5-3-6-10-21)30-27(19-32(28)29)23-11-7-4-8-12-23/h3-16,19H,17-18H2,1-2H3. The lowest BCUT2D eigenvalue weighted by Crippen LogP contribution is -2.07. The molecule has 0 atom stereocenters. The van der Waals surface area contributed by atoms with E-state index >= 15 is 0 Å². The second-order valence-corrected chi connectivity index (χ2v) is 8.28. The molecule has 174 valence electrons. The van der Waals surface area contributed by atoms with E-state index in [1.807, 2.05) is 83.4 Å². The number of aromatic nitrogens is 3. The molecule has 6 nitrogen and oxygen atoms in total. The number of carbonyl (C=O) groups excluding carboxylic acids is 1. The summed E-state index contributed by atoms with van der Waals surface area (Å²) in [7, 11) is 1.64. The van der Waals surface area contributed by atoms with Crippen molar-refractivity contribution >= 4 is 11.6 Å². The van der Waals surface area contributed by atoms with E-state index < -0.39 is 5.97 Å². The van der Waals surface area contributed by atoms with Gasteiger partial charge in [-0.2, -0.15) is 0 Å². The second-order valence-electron chi connectivity index (χ2n) is 8.28. The molecule has 5 rings (SSSR count). The lowest BCUT2D eigenvalue weighted by atomic mass is 10.1. The van der Waals surface area contributed by atoms with Gasteiger partial charge in [0.15, 0.2) is 5.65 Å². The molecule has 0 saturated carbocycles. The second kappa shape index (κ2) is 9.81. The number of esters is 1. The van der Waals surface area contributed by atoms with Crippen LogP contribution in [-0.4, -0.2) is 27.4 Å². The Morgan fingerprint density at radius 3 is 2.09 bits per heavy atom. The normalized spacial score (nSPS) is 10.9. The molecule has 3 aromatic carbocycles. The van der Waals surface area contributed by atoms with Crippen LogP contribution in [0, 0.1) is 0 Å². The molecule has 35 heavy (non-hydrogen) atoms. The van der Waals surface area contributed by atoms with Gasteiger partial charge in [-0.15, -0.1) is 0 Å². The minimum absolute atomic E-state index is 0.398. The molecule has 0 saturated heterocycles. The van der Waals surface area contributed by atoms with Crippen LogP contribution in [0.4, 0.5) is 0 Å². The average molecular weight is 464 g/mol. The van der Waals surface area contributed by atoms with Crippen LogP contribution in [0.3, 0.4) is 0 Å². The van der Waals surface area contributed by atoms with Crippen molar-refractivity contribution in [1.82, 2.24) is 14.4 Å². The molecule has 0 spiro atoms. The smallest absolute Gasteiger partial charge is 0.309 e. The fraction of sp³-hybridized carbons (Fsp3) is 0.138. The van der Waals surface area contributed by atoms with Crippen molar-refractivity contribution in [2.24, 2.45) is 0 Å². The highest BCUT2D eigenvalue weighted by Crippen LogP contribution is 2.29. The fourth-order valence-electron chi connectivity index (χ4n) is 4.09. The van der Waals surface area contributed by atoms with E-state index in [1.165, 1.54) is 6.92 Å². The summed E-state index contributed by atoms with van der Waals surface area (Å²) in [4.78, 5) is 22.0. The SMILES string of the molecule is COc1ccc(Cc2nc3c(Cc4ccccc4)nc(-c4ccccc4)cn3c2OC(C)=O)cc1. The molecule has 2 aromatic heterocycles. The van der Waals surface area contributed by atoms with Gasteiger partial charge in [0, 0.05) is 31.5 Å². The van der Waals surface area contributed by atoms with Gasteiger partial charge < -0.3 is 9.47 Å². The van der Waals surface area contributed by atoms with Crippen LogP contribution >= 0.6 is 0 Å². The number of hydrogen-bond donors (Lipinski definition) is 0. The minimum atomic E-state index is -0.398. The van der Waals surface area contributed by atoms with E-state index in [2.05, 4.69) is 12.1 Å². The first-order valence-electron chi connectivity index (χ1n) is 11.4. The predicted octanol–water partition coefficient (Wildman–Crippen LogP) is 5.51. The van der Waals surface area contributed by atoms with Crippen molar-refractivity contribution in [2.75, 3.05) is 7.11 Å². The zero-order chi connectivity index (χ0) is 24.2. The molecule has 0 radical (unpaired) electrons. The van der Waals surface area contributed by atoms with Gasteiger partial charge in [0.05, 0.1) is 18.5 Å². The third-order valence-corrected chi connectivity index (χ3v) is 5.75. The zero-order valence-electron chi connectivity index (χ0n) is 19.6. The Morgan fingerprint density at radius 2 is 1.43 bits per heavy atom. The molecule has 0 amide bonds. The van der Waals surface area contributed by atoms with Gasteiger partial charge in [-0.25, -0.2) is 9.97 Å². The Kier molecular flexibility index (Phi) is 6.26. The number of ether oxygens (including phenoxy) is 2. The first-order chi connectivity index (χ1) is 17.1. The Hall–Kier alpha value is -4.45. The summed E-state index contributed by atoms with van der Waals surface area (Å²) in [5.74, 6) is 0.800. The van der Waals surface area contributed by atoms with E-state index in [4.69, 9.17) is 19.4 Å². The number of nitrogens with zero attached hydrogens (tertiary/aromatic N) is 3. The van der Waals surface area contributed by atoms with Crippen molar-refractivity contribution in [2.45, 2.75) is 19.8 Å². The summed E-state index contributed by atoms with van der Waals surface area (Å²) in [5.41, 5.74) is 6.07. The highest BCUT2D eigenvalue weighted by Gasteiger charge is 2.21. The maximum absolute atomic E-state index is 12.1. The summed E-state index contributed by atoms with van der Waals surface area (Å²) >= 11 is 0. The first-order valence-corrected chi connectivity index (χ1v) is 11.4. The molecule has 0 fully saturated rings. The van der Waals surface area contributed by atoms with Crippen molar-refractivity contribution in [3.05, 3.63) is 114 Å². The van der Waals surface area contributed by atoms with Gasteiger partial charge in [-0.1, -0.05) is 72.8 Å².